The lowest BCUT2D eigenvalue weighted by atomic mass is 10.2. The van der Waals surface area contributed by atoms with Crippen molar-refractivity contribution in [2.24, 2.45) is 0 Å². The van der Waals surface area contributed by atoms with Crippen LogP contribution in [0.1, 0.15) is 24.8 Å². The molecule has 0 radical (unpaired) electrons. The Bertz CT molecular complexity index is 572. The third-order valence-corrected chi connectivity index (χ3v) is 6.26. The Hall–Kier alpha value is -0.913. The molecule has 124 valence electrons. The zero-order valence-corrected chi connectivity index (χ0v) is 16.0. The van der Waals surface area contributed by atoms with Crippen LogP contribution < -0.4 is 4.72 Å². The lowest BCUT2D eigenvalue weighted by Crippen LogP contribution is -2.24. The topological polar surface area (TPSA) is 46.2 Å². The number of rotatable bonds is 9. The monoisotopic (exact) mass is 339 g/mol. The molecule has 1 aromatic carbocycles. The maximum atomic E-state index is 12.1. The van der Waals surface area contributed by atoms with Gasteiger partial charge in [0.2, 0.25) is 10.0 Å². The Kier molecular flexibility index (Phi) is 7.52. The molecule has 1 N–H and O–H groups in total. The molecular formula is C17H29NO2SSi. The number of benzene rings is 1. The predicted molar refractivity (Wildman–Crippen MR) is 97.5 cm³/mol. The van der Waals surface area contributed by atoms with Crippen molar-refractivity contribution in [2.45, 2.75) is 56.8 Å². The molecule has 1 aromatic rings. The molecule has 0 atom stereocenters. The van der Waals surface area contributed by atoms with Crippen LogP contribution in [0.3, 0.4) is 0 Å². The second kappa shape index (κ2) is 8.65. The zero-order valence-electron chi connectivity index (χ0n) is 14.2. The normalized spacial score (nSPS) is 12.9. The molecule has 0 aromatic heterocycles. The maximum absolute atomic E-state index is 12.1. The highest BCUT2D eigenvalue weighted by Crippen LogP contribution is 2.11. The van der Waals surface area contributed by atoms with Crippen LogP contribution in [-0.2, 0) is 10.0 Å². The molecular weight excluding hydrogens is 310 g/mol. The summed E-state index contributed by atoms with van der Waals surface area (Å²) in [5.41, 5.74) is 1.06. The second-order valence-electron chi connectivity index (χ2n) is 6.94. The van der Waals surface area contributed by atoms with E-state index in [-0.39, 0.29) is 0 Å². The predicted octanol–water partition coefficient (Wildman–Crippen LogP) is 4.34. The van der Waals surface area contributed by atoms with Gasteiger partial charge in [-0.1, -0.05) is 49.5 Å². The summed E-state index contributed by atoms with van der Waals surface area (Å²) < 4.78 is 26.8. The first-order chi connectivity index (χ1) is 10.2. The van der Waals surface area contributed by atoms with Crippen LogP contribution in [0.4, 0.5) is 0 Å². The number of allylic oxidation sites excluding steroid dienone is 2. The second-order valence-corrected chi connectivity index (χ2v) is 14.2. The molecule has 0 aliphatic carbocycles. The minimum Gasteiger partial charge on any atom is -0.211 e. The van der Waals surface area contributed by atoms with Gasteiger partial charge in [0.15, 0.2) is 0 Å². The first-order valence-electron chi connectivity index (χ1n) is 7.92. The smallest absolute Gasteiger partial charge is 0.211 e. The van der Waals surface area contributed by atoms with Crippen molar-refractivity contribution in [3.8, 4) is 0 Å². The first-order valence-corrected chi connectivity index (χ1v) is 13.1. The van der Waals surface area contributed by atoms with Gasteiger partial charge in [0, 0.05) is 14.6 Å². The van der Waals surface area contributed by atoms with E-state index in [1.54, 1.807) is 12.1 Å². The summed E-state index contributed by atoms with van der Waals surface area (Å²) in [6, 6.07) is 8.15. The first kappa shape index (κ1) is 19.1. The third-order valence-electron chi connectivity index (χ3n) is 3.32. The largest absolute Gasteiger partial charge is 0.240 e. The molecule has 22 heavy (non-hydrogen) atoms. The van der Waals surface area contributed by atoms with Gasteiger partial charge in [-0.05, 0) is 44.4 Å². The molecule has 0 heterocycles. The highest BCUT2D eigenvalue weighted by atomic mass is 32.2. The standard InChI is InChI=1S/C17H29NO2SSi/c1-16-10-12-17(13-11-16)21(19,20)18-14-8-6-5-7-9-15-22(2,3)4/h7,9-13,18H,5-6,8,14-15H2,1-4H3/b9-7+. The Labute approximate surface area is 136 Å². The average Bonchev–Trinajstić information content (AvgIpc) is 2.41. The van der Waals surface area contributed by atoms with E-state index in [9.17, 15) is 8.42 Å². The van der Waals surface area contributed by atoms with Gasteiger partial charge < -0.3 is 0 Å². The maximum Gasteiger partial charge on any atom is 0.240 e. The van der Waals surface area contributed by atoms with Crippen LogP contribution in [-0.4, -0.2) is 23.0 Å². The number of unbranched alkanes of at least 4 members (excludes halogenated alkanes) is 2. The molecule has 0 bridgehead atoms. The number of hydrogen-bond donors (Lipinski definition) is 1. The van der Waals surface area contributed by atoms with Gasteiger partial charge in [0.25, 0.3) is 0 Å². The van der Waals surface area contributed by atoms with Crippen LogP contribution >= 0.6 is 0 Å². The summed E-state index contributed by atoms with van der Waals surface area (Å²) in [6.07, 6.45) is 7.41. The summed E-state index contributed by atoms with van der Waals surface area (Å²) in [5, 5.41) is 0. The van der Waals surface area contributed by atoms with Gasteiger partial charge in [0.1, 0.15) is 0 Å². The van der Waals surface area contributed by atoms with E-state index in [4.69, 9.17) is 0 Å². The van der Waals surface area contributed by atoms with Crippen LogP contribution in [0.15, 0.2) is 41.3 Å². The third kappa shape index (κ3) is 7.92. The van der Waals surface area contributed by atoms with E-state index in [0.717, 1.165) is 24.8 Å². The summed E-state index contributed by atoms with van der Waals surface area (Å²) in [7, 11) is -4.33. The molecule has 0 unspecified atom stereocenters. The summed E-state index contributed by atoms with van der Waals surface area (Å²) in [5.74, 6) is 0. The van der Waals surface area contributed by atoms with E-state index in [2.05, 4.69) is 36.5 Å². The Morgan fingerprint density at radius 2 is 1.68 bits per heavy atom. The zero-order chi connectivity index (χ0) is 16.6. The van der Waals surface area contributed by atoms with E-state index in [1.165, 1.54) is 6.04 Å². The van der Waals surface area contributed by atoms with Crippen molar-refractivity contribution in [1.29, 1.82) is 0 Å². The molecule has 0 fully saturated rings. The van der Waals surface area contributed by atoms with Crippen molar-refractivity contribution in [1.82, 2.24) is 4.72 Å². The lowest BCUT2D eigenvalue weighted by molar-refractivity contribution is 0.577. The molecule has 0 aliphatic rings. The Morgan fingerprint density at radius 3 is 2.27 bits per heavy atom. The van der Waals surface area contributed by atoms with Crippen molar-refractivity contribution in [2.75, 3.05) is 6.54 Å². The van der Waals surface area contributed by atoms with Gasteiger partial charge in [-0.3, -0.25) is 0 Å². The molecule has 0 saturated heterocycles. The van der Waals surface area contributed by atoms with Crippen LogP contribution in [0.25, 0.3) is 0 Å². The fourth-order valence-electron chi connectivity index (χ4n) is 1.95. The van der Waals surface area contributed by atoms with E-state index in [0.29, 0.717) is 11.4 Å². The molecule has 0 amide bonds. The minimum absolute atomic E-state index is 0.341. The molecule has 0 spiro atoms. The average molecular weight is 340 g/mol. The highest BCUT2D eigenvalue weighted by Gasteiger charge is 2.12. The molecule has 0 saturated carbocycles. The van der Waals surface area contributed by atoms with Crippen LogP contribution in [0, 0.1) is 6.92 Å². The van der Waals surface area contributed by atoms with Gasteiger partial charge in [-0.25, -0.2) is 13.1 Å². The molecule has 3 nitrogen and oxygen atoms in total. The number of aryl methyl sites for hydroxylation is 1. The van der Waals surface area contributed by atoms with Crippen LogP contribution in [0.5, 0.6) is 0 Å². The minimum atomic E-state index is -3.36. The fourth-order valence-corrected chi connectivity index (χ4v) is 3.90. The van der Waals surface area contributed by atoms with Gasteiger partial charge in [0.05, 0.1) is 4.90 Å². The van der Waals surface area contributed by atoms with Gasteiger partial charge >= 0.3 is 0 Å². The van der Waals surface area contributed by atoms with Crippen molar-refractivity contribution >= 4 is 18.1 Å². The summed E-state index contributed by atoms with van der Waals surface area (Å²) in [6.45, 7) is 9.52. The van der Waals surface area contributed by atoms with Crippen molar-refractivity contribution < 1.29 is 8.42 Å². The quantitative estimate of drug-likeness (QED) is 0.413. The molecule has 1 rings (SSSR count). The SMILES string of the molecule is Cc1ccc(S(=O)(=O)NCCCC/C=C/C[Si](C)(C)C)cc1. The number of sulfonamides is 1. The Morgan fingerprint density at radius 1 is 1.05 bits per heavy atom. The van der Waals surface area contributed by atoms with Gasteiger partial charge in [-0.2, -0.15) is 0 Å². The summed E-state index contributed by atoms with van der Waals surface area (Å²) >= 11 is 0. The Balaban J connectivity index is 2.25. The van der Waals surface area contributed by atoms with Gasteiger partial charge in [-0.15, -0.1) is 0 Å². The number of nitrogens with one attached hydrogen (secondary N) is 1. The summed E-state index contributed by atoms with van der Waals surface area (Å²) in [4.78, 5) is 0.341. The molecule has 0 aliphatic heterocycles. The highest BCUT2D eigenvalue weighted by molar-refractivity contribution is 7.89. The fraction of sp³-hybridized carbons (Fsp3) is 0.529. The number of hydrogen-bond acceptors (Lipinski definition) is 2. The lowest BCUT2D eigenvalue weighted by Gasteiger charge is -2.11. The van der Waals surface area contributed by atoms with Crippen molar-refractivity contribution in [3.05, 3.63) is 42.0 Å². The van der Waals surface area contributed by atoms with E-state index >= 15 is 0 Å². The van der Waals surface area contributed by atoms with E-state index in [1.807, 2.05) is 19.1 Å². The van der Waals surface area contributed by atoms with Crippen LogP contribution in [0.2, 0.25) is 25.7 Å². The van der Waals surface area contributed by atoms with E-state index < -0.39 is 18.1 Å². The molecule has 5 heteroatoms. The van der Waals surface area contributed by atoms with Crippen molar-refractivity contribution in [3.63, 3.8) is 0 Å².